The molecule has 1 amide bonds. The van der Waals surface area contributed by atoms with Crippen LogP contribution in [0.3, 0.4) is 0 Å². The van der Waals surface area contributed by atoms with E-state index < -0.39 is 23.7 Å². The molecule has 1 aliphatic carbocycles. The first-order valence-electron chi connectivity index (χ1n) is 9.69. The van der Waals surface area contributed by atoms with Gasteiger partial charge in [0.1, 0.15) is 24.0 Å². The third-order valence-electron chi connectivity index (χ3n) is 4.34. The first-order chi connectivity index (χ1) is 13.9. The summed E-state index contributed by atoms with van der Waals surface area (Å²) in [6, 6.07) is -0.492. The molecule has 30 heavy (non-hydrogen) atoms. The summed E-state index contributed by atoms with van der Waals surface area (Å²) in [5.41, 5.74) is 2.84. The lowest BCUT2D eigenvalue weighted by Gasteiger charge is -2.26. The van der Waals surface area contributed by atoms with Crippen LogP contribution in [0, 0.1) is 5.92 Å². The van der Waals surface area contributed by atoms with Gasteiger partial charge in [-0.3, -0.25) is 9.59 Å². The second-order valence-corrected chi connectivity index (χ2v) is 7.87. The van der Waals surface area contributed by atoms with Crippen LogP contribution >= 0.6 is 0 Å². The molecule has 0 aliphatic heterocycles. The topological polar surface area (TPSA) is 85.2 Å². The van der Waals surface area contributed by atoms with Gasteiger partial charge in [0, 0.05) is 26.8 Å². The summed E-state index contributed by atoms with van der Waals surface area (Å²) in [6.45, 7) is 7.82. The maximum atomic E-state index is 12.9. The molecule has 1 aromatic heterocycles. The van der Waals surface area contributed by atoms with Gasteiger partial charge in [-0.15, -0.1) is 0 Å². The van der Waals surface area contributed by atoms with E-state index in [1.807, 2.05) is 27.7 Å². The van der Waals surface area contributed by atoms with E-state index in [4.69, 9.17) is 4.74 Å². The van der Waals surface area contributed by atoms with Crippen LogP contribution in [0.1, 0.15) is 48.6 Å². The number of amides is 1. The van der Waals surface area contributed by atoms with Crippen molar-refractivity contribution in [2.75, 3.05) is 13.7 Å². The molecule has 1 unspecified atom stereocenters. The molecule has 0 aromatic carbocycles. The van der Waals surface area contributed by atoms with Crippen molar-refractivity contribution in [1.29, 1.82) is 0 Å². The Labute approximate surface area is 176 Å². The summed E-state index contributed by atoms with van der Waals surface area (Å²) < 4.78 is 45.3. The molecule has 7 nitrogen and oxygen atoms in total. The van der Waals surface area contributed by atoms with Crippen molar-refractivity contribution in [3.63, 3.8) is 0 Å². The van der Waals surface area contributed by atoms with Crippen molar-refractivity contribution >= 4 is 5.91 Å². The second-order valence-electron chi connectivity index (χ2n) is 7.87. The van der Waals surface area contributed by atoms with Crippen molar-refractivity contribution in [3.8, 4) is 5.75 Å². The summed E-state index contributed by atoms with van der Waals surface area (Å²) in [6.07, 6.45) is -4.48. The molecule has 0 fully saturated rings. The van der Waals surface area contributed by atoms with Gasteiger partial charge in [-0.1, -0.05) is 33.4 Å². The molecule has 1 atom stereocenters. The second kappa shape index (κ2) is 9.49. The van der Waals surface area contributed by atoms with Crippen LogP contribution in [0.25, 0.3) is 0 Å². The number of aromatic nitrogens is 2. The minimum atomic E-state index is -4.43. The number of nitrogens with zero attached hydrogens (tertiary/aromatic N) is 2. The molecule has 0 spiro atoms. The zero-order valence-electron chi connectivity index (χ0n) is 17.7. The Hall–Kier alpha value is -2.58. The number of carbonyl (C=O) groups is 1. The zero-order chi connectivity index (χ0) is 22.6. The molecular formula is C20H31F3N4O3. The summed E-state index contributed by atoms with van der Waals surface area (Å²) in [7, 11) is 1.21. The molecule has 1 heterocycles. The number of hydrogen-bond donors (Lipinski definition) is 2. The van der Waals surface area contributed by atoms with E-state index in [1.165, 1.54) is 13.1 Å². The summed E-state index contributed by atoms with van der Waals surface area (Å²) in [5.74, 6) is 0.0548. The number of hydrogen-bond acceptors (Lipinski definition) is 5. The maximum absolute atomic E-state index is 12.9. The highest BCUT2D eigenvalue weighted by molar-refractivity contribution is 5.78. The molecule has 0 radical (unpaired) electrons. The van der Waals surface area contributed by atoms with Gasteiger partial charge in [0.25, 0.3) is 5.56 Å². The number of nitrogens with one attached hydrogen (secondary N) is 2. The van der Waals surface area contributed by atoms with E-state index in [2.05, 4.69) is 21.5 Å². The van der Waals surface area contributed by atoms with Gasteiger partial charge in [0.2, 0.25) is 5.91 Å². The number of ether oxygens (including phenoxy) is 1. The first-order valence-corrected chi connectivity index (χ1v) is 9.69. The van der Waals surface area contributed by atoms with E-state index in [-0.39, 0.29) is 38.9 Å². The lowest BCUT2D eigenvalue weighted by Crippen LogP contribution is -2.44. The number of alkyl halides is 3. The quantitative estimate of drug-likeness (QED) is 0.586. The minimum absolute atomic E-state index is 0. The van der Waals surface area contributed by atoms with Crippen molar-refractivity contribution in [1.82, 2.24) is 20.4 Å². The van der Waals surface area contributed by atoms with Gasteiger partial charge in [0.15, 0.2) is 0 Å². The highest BCUT2D eigenvalue weighted by Crippen LogP contribution is 2.31. The predicted molar refractivity (Wildman–Crippen MR) is 109 cm³/mol. The first kappa shape index (κ1) is 23.7. The van der Waals surface area contributed by atoms with Crippen molar-refractivity contribution in [3.05, 3.63) is 39.1 Å². The molecule has 10 heteroatoms. The Morgan fingerprint density at radius 1 is 1.37 bits per heavy atom. The lowest BCUT2D eigenvalue weighted by atomic mass is 9.95. The molecule has 1 aromatic rings. The van der Waals surface area contributed by atoms with Crippen molar-refractivity contribution < 1.29 is 25.6 Å². The number of halogens is 3. The highest BCUT2D eigenvalue weighted by Gasteiger charge is 2.42. The van der Waals surface area contributed by atoms with Crippen LogP contribution in [0.15, 0.2) is 27.9 Å². The number of carbonyl (C=O) groups excluding carboxylic acids is 1. The summed E-state index contributed by atoms with van der Waals surface area (Å²) >= 11 is 0. The zero-order valence-corrected chi connectivity index (χ0v) is 17.7. The fourth-order valence-corrected chi connectivity index (χ4v) is 2.87. The molecule has 0 saturated carbocycles. The molecule has 170 valence electrons. The van der Waals surface area contributed by atoms with Gasteiger partial charge >= 0.3 is 6.18 Å². The fourth-order valence-electron chi connectivity index (χ4n) is 2.87. The normalized spacial score (nSPS) is 14.9. The molecule has 2 N–H and O–H groups in total. The van der Waals surface area contributed by atoms with Crippen LogP contribution in [-0.4, -0.2) is 41.6 Å². The highest BCUT2D eigenvalue weighted by atomic mass is 19.4. The smallest absolute Gasteiger partial charge is 0.408 e. The van der Waals surface area contributed by atoms with E-state index >= 15 is 0 Å². The van der Waals surface area contributed by atoms with Gasteiger partial charge in [-0.25, -0.2) is 4.68 Å². The third-order valence-corrected chi connectivity index (χ3v) is 4.34. The lowest BCUT2D eigenvalue weighted by molar-refractivity contribution is -0.146. The van der Waals surface area contributed by atoms with E-state index in [1.54, 1.807) is 0 Å². The Morgan fingerprint density at radius 2 is 2.00 bits per heavy atom. The number of likely N-dealkylation sites (N-methyl/N-ethyl adjacent to an activating group) is 1. The van der Waals surface area contributed by atoms with Crippen LogP contribution in [0.2, 0.25) is 0 Å². The SMILES string of the molecule is CNC(C1=C=C(NC(=O)Cn2nc(C(C)C)c(OCC(C)C)cc2=O)C1)C(F)(F)F.[HH].[HH]. The van der Waals surface area contributed by atoms with Gasteiger partial charge in [-0.2, -0.15) is 18.3 Å². The van der Waals surface area contributed by atoms with E-state index in [0.29, 0.717) is 18.1 Å². The van der Waals surface area contributed by atoms with Crippen LogP contribution in [-0.2, 0) is 11.3 Å². The van der Waals surface area contributed by atoms with Gasteiger partial charge in [0.05, 0.1) is 12.3 Å². The fraction of sp³-hybridized carbons (Fsp3) is 0.600. The van der Waals surface area contributed by atoms with E-state index in [0.717, 1.165) is 4.68 Å². The van der Waals surface area contributed by atoms with Gasteiger partial charge in [-0.05, 0) is 13.0 Å². The molecule has 0 saturated heterocycles. The monoisotopic (exact) mass is 432 g/mol. The van der Waals surface area contributed by atoms with Crippen LogP contribution in [0.4, 0.5) is 13.2 Å². The average molecular weight is 432 g/mol. The van der Waals surface area contributed by atoms with Crippen LogP contribution < -0.4 is 20.9 Å². The van der Waals surface area contributed by atoms with Crippen molar-refractivity contribution in [2.45, 2.75) is 58.8 Å². The summed E-state index contributed by atoms with van der Waals surface area (Å²) in [5, 5.41) is 8.92. The number of rotatable bonds is 9. The summed E-state index contributed by atoms with van der Waals surface area (Å²) in [4.78, 5) is 24.6. The molecular weight excluding hydrogens is 401 g/mol. The minimum Gasteiger partial charge on any atom is -0.491 e. The largest absolute Gasteiger partial charge is 0.491 e. The Balaban J connectivity index is 0.00000480. The van der Waals surface area contributed by atoms with Crippen molar-refractivity contribution in [2.24, 2.45) is 5.92 Å². The molecule has 1 aliphatic rings. The average Bonchev–Trinajstić information content (AvgIpc) is 2.58. The van der Waals surface area contributed by atoms with Gasteiger partial charge < -0.3 is 15.4 Å². The molecule has 0 bridgehead atoms. The predicted octanol–water partition coefficient (Wildman–Crippen LogP) is 2.97. The Bertz CT molecular complexity index is 924. The maximum Gasteiger partial charge on any atom is 0.408 e. The standard InChI is InChI=1S/C20H27F3N4O3.2H2/c1-11(2)10-30-15-8-17(29)27(26-18(15)12(3)4)9-16(28)25-14-6-13(7-14)19(24-5)20(21,22)23;;/h8,11-12,19,24H,6,9-10H2,1-5H3,(H,25,28);2*1H. The molecule has 2 rings (SSSR count). The Kier molecular flexibility index (Phi) is 7.49. The Morgan fingerprint density at radius 3 is 2.50 bits per heavy atom. The third kappa shape index (κ3) is 5.96. The van der Waals surface area contributed by atoms with Crippen LogP contribution in [0.5, 0.6) is 5.75 Å². The van der Waals surface area contributed by atoms with E-state index in [9.17, 15) is 22.8 Å².